The smallest absolute Gasteiger partial charge is 0.338 e. The first-order valence-electron chi connectivity index (χ1n) is 20.0. The number of carbonyl (C=O) groups excluding carboxylic acids is 2. The third kappa shape index (κ3) is 8.05. The van der Waals surface area contributed by atoms with Crippen molar-refractivity contribution in [3.8, 4) is 0 Å². The third-order valence-corrected chi connectivity index (χ3v) is 14.1. The van der Waals surface area contributed by atoms with Crippen molar-refractivity contribution in [1.82, 2.24) is 0 Å². The van der Waals surface area contributed by atoms with E-state index in [0.717, 1.165) is 49.5 Å². The molecule has 7 rings (SSSR count). The summed E-state index contributed by atoms with van der Waals surface area (Å²) in [7, 11) is 0. The standard InChI is InChI=1S/C46H58O7/c1-32(23-26-47)36-19-20-37-42-38(21-24-45(36,37)2)46(3)25-22-40(53-44(48)35-17-11-6-12-18-35)43(52-31-50-29-34-15-9-5-10-16-34)39(46)27-41(42)51-30-49-28-33-13-7-4-8-14-33/h4-18,26,32,36-43H,19-25,27-31H2,1-3H3/t32-,36-,37+,38+,39+,40-,41-,42+,43-,45-,46-/m1/s1. The third-order valence-electron chi connectivity index (χ3n) is 14.1. The van der Waals surface area contributed by atoms with Gasteiger partial charge in [-0.25, -0.2) is 4.79 Å². The highest BCUT2D eigenvalue weighted by atomic mass is 16.7. The predicted molar refractivity (Wildman–Crippen MR) is 203 cm³/mol. The number of benzene rings is 3. The van der Waals surface area contributed by atoms with Crippen molar-refractivity contribution in [3.63, 3.8) is 0 Å². The van der Waals surface area contributed by atoms with Gasteiger partial charge in [-0.15, -0.1) is 0 Å². The number of ether oxygens (including phenoxy) is 5. The fraction of sp³-hybridized carbons (Fsp3) is 0.565. The quantitative estimate of drug-likeness (QED) is 0.0669. The van der Waals surface area contributed by atoms with E-state index in [0.29, 0.717) is 54.8 Å². The Morgan fingerprint density at radius 1 is 0.717 bits per heavy atom. The van der Waals surface area contributed by atoms with E-state index in [-0.39, 0.29) is 48.5 Å². The van der Waals surface area contributed by atoms with Crippen LogP contribution in [0.25, 0.3) is 0 Å². The zero-order chi connectivity index (χ0) is 36.8. The lowest BCUT2D eigenvalue weighted by atomic mass is 9.43. The Morgan fingerprint density at radius 2 is 1.30 bits per heavy atom. The summed E-state index contributed by atoms with van der Waals surface area (Å²) in [6.45, 7) is 8.56. The average Bonchev–Trinajstić information content (AvgIpc) is 3.54. The summed E-state index contributed by atoms with van der Waals surface area (Å²) in [5.41, 5.74) is 2.90. The molecule has 0 bridgehead atoms. The van der Waals surface area contributed by atoms with Gasteiger partial charge in [0.05, 0.1) is 24.9 Å². The molecular formula is C46H58O7. The van der Waals surface area contributed by atoms with E-state index in [9.17, 15) is 9.59 Å². The molecule has 3 aromatic carbocycles. The first-order chi connectivity index (χ1) is 25.8. The fourth-order valence-corrected chi connectivity index (χ4v) is 11.5. The molecule has 0 amide bonds. The van der Waals surface area contributed by atoms with Crippen LogP contribution in [0.3, 0.4) is 0 Å². The molecular weight excluding hydrogens is 664 g/mol. The second-order valence-corrected chi connectivity index (χ2v) is 16.8. The molecule has 0 saturated heterocycles. The van der Waals surface area contributed by atoms with E-state index in [1.54, 1.807) is 0 Å². The van der Waals surface area contributed by atoms with Gasteiger partial charge in [-0.1, -0.05) is 99.6 Å². The van der Waals surface area contributed by atoms with Crippen LogP contribution in [0, 0.1) is 46.3 Å². The number of hydrogen-bond donors (Lipinski definition) is 0. The second kappa shape index (κ2) is 17.0. The van der Waals surface area contributed by atoms with Crippen molar-refractivity contribution in [2.24, 2.45) is 46.3 Å². The van der Waals surface area contributed by atoms with Crippen LogP contribution in [0.15, 0.2) is 91.0 Å². The van der Waals surface area contributed by atoms with Gasteiger partial charge in [0.1, 0.15) is 32.1 Å². The molecule has 7 nitrogen and oxygen atoms in total. The highest BCUT2D eigenvalue weighted by molar-refractivity contribution is 5.89. The van der Waals surface area contributed by atoms with E-state index in [1.165, 1.54) is 12.8 Å². The van der Waals surface area contributed by atoms with Crippen LogP contribution in [0.2, 0.25) is 0 Å². The van der Waals surface area contributed by atoms with Crippen molar-refractivity contribution < 1.29 is 33.3 Å². The largest absolute Gasteiger partial charge is 0.456 e. The topological polar surface area (TPSA) is 80.3 Å². The normalized spacial score (nSPS) is 33.9. The van der Waals surface area contributed by atoms with Gasteiger partial charge in [0.2, 0.25) is 0 Å². The summed E-state index contributed by atoms with van der Waals surface area (Å²) in [6.07, 6.45) is 8.08. The van der Waals surface area contributed by atoms with Crippen LogP contribution in [-0.4, -0.2) is 44.2 Å². The van der Waals surface area contributed by atoms with E-state index in [2.05, 4.69) is 45.0 Å². The minimum absolute atomic E-state index is 0.0248. The molecule has 11 atom stereocenters. The molecule has 4 aliphatic carbocycles. The van der Waals surface area contributed by atoms with Crippen molar-refractivity contribution in [3.05, 3.63) is 108 Å². The van der Waals surface area contributed by atoms with E-state index < -0.39 is 6.10 Å². The lowest BCUT2D eigenvalue weighted by Gasteiger charge is -2.64. The zero-order valence-corrected chi connectivity index (χ0v) is 31.8. The van der Waals surface area contributed by atoms with Gasteiger partial charge in [-0.2, -0.15) is 0 Å². The molecule has 0 aliphatic heterocycles. The Balaban J connectivity index is 1.16. The second-order valence-electron chi connectivity index (χ2n) is 16.8. The van der Waals surface area contributed by atoms with Crippen LogP contribution in [0.1, 0.15) is 93.6 Å². The maximum absolute atomic E-state index is 13.5. The van der Waals surface area contributed by atoms with Crippen molar-refractivity contribution >= 4 is 12.3 Å². The molecule has 0 spiro atoms. The lowest BCUT2D eigenvalue weighted by Crippen LogP contribution is -2.63. The monoisotopic (exact) mass is 722 g/mol. The first kappa shape index (κ1) is 37.9. The molecule has 0 aromatic heterocycles. The SMILES string of the molecule is C[C@H](CC=O)[C@H]1CC[C@H]2[C@@H]3[C@H](OCOCc4ccccc4)C[C@H]4[C@@H](OCOCc5ccccc5)[C@H](OC(=O)c5ccccc5)CC[C@]4(C)[C@H]3CC[C@]12C. The maximum atomic E-state index is 13.5. The summed E-state index contributed by atoms with van der Waals surface area (Å²) in [4.78, 5) is 25.2. The molecule has 7 heteroatoms. The molecule has 3 aromatic rings. The Kier molecular flexibility index (Phi) is 12.2. The number of hydrogen-bond acceptors (Lipinski definition) is 7. The average molecular weight is 723 g/mol. The molecule has 0 heterocycles. The number of esters is 1. The van der Waals surface area contributed by atoms with Crippen LogP contribution in [0.4, 0.5) is 0 Å². The molecule has 4 fully saturated rings. The molecule has 0 unspecified atom stereocenters. The van der Waals surface area contributed by atoms with Crippen molar-refractivity contribution in [2.45, 2.75) is 104 Å². The number of fused-ring (bicyclic) bond motifs is 5. The Hall–Kier alpha value is -3.36. The number of rotatable bonds is 15. The van der Waals surface area contributed by atoms with E-state index >= 15 is 0 Å². The summed E-state index contributed by atoms with van der Waals surface area (Å²) in [6, 6.07) is 29.6. The highest BCUT2D eigenvalue weighted by Crippen LogP contribution is 2.69. The minimum atomic E-state index is -0.401. The molecule has 284 valence electrons. The summed E-state index contributed by atoms with van der Waals surface area (Å²) >= 11 is 0. The highest BCUT2D eigenvalue weighted by Gasteiger charge is 2.65. The predicted octanol–water partition coefficient (Wildman–Crippen LogP) is 9.43. The lowest BCUT2D eigenvalue weighted by molar-refractivity contribution is -0.251. The molecule has 0 N–H and O–H groups in total. The molecule has 0 radical (unpaired) electrons. The van der Waals surface area contributed by atoms with Gasteiger partial charge in [0.15, 0.2) is 0 Å². The fourth-order valence-electron chi connectivity index (χ4n) is 11.5. The van der Waals surface area contributed by atoms with Crippen LogP contribution >= 0.6 is 0 Å². The minimum Gasteiger partial charge on any atom is -0.456 e. The van der Waals surface area contributed by atoms with Crippen LogP contribution < -0.4 is 0 Å². The Bertz CT molecular complexity index is 1620. The molecule has 4 aliphatic rings. The summed E-state index contributed by atoms with van der Waals surface area (Å²) in [5.74, 6) is 2.01. The van der Waals surface area contributed by atoms with Gasteiger partial charge in [0.25, 0.3) is 0 Å². The number of carbonyl (C=O) groups is 2. The van der Waals surface area contributed by atoms with Gasteiger partial charge in [0, 0.05) is 6.42 Å². The first-order valence-corrected chi connectivity index (χ1v) is 20.0. The van der Waals surface area contributed by atoms with Crippen LogP contribution in [0.5, 0.6) is 0 Å². The molecule has 4 saturated carbocycles. The Morgan fingerprint density at radius 3 is 1.94 bits per heavy atom. The van der Waals surface area contributed by atoms with Crippen LogP contribution in [-0.2, 0) is 41.7 Å². The van der Waals surface area contributed by atoms with Gasteiger partial charge in [-0.05, 0) is 115 Å². The van der Waals surface area contributed by atoms with E-state index in [4.69, 9.17) is 23.7 Å². The zero-order valence-electron chi connectivity index (χ0n) is 31.8. The van der Waals surface area contributed by atoms with Gasteiger partial charge >= 0.3 is 5.97 Å². The summed E-state index contributed by atoms with van der Waals surface area (Å²) < 4.78 is 32.3. The van der Waals surface area contributed by atoms with E-state index in [1.807, 2.05) is 66.7 Å². The van der Waals surface area contributed by atoms with Crippen molar-refractivity contribution in [1.29, 1.82) is 0 Å². The van der Waals surface area contributed by atoms with Gasteiger partial charge < -0.3 is 28.5 Å². The maximum Gasteiger partial charge on any atom is 0.338 e. The summed E-state index contributed by atoms with van der Waals surface area (Å²) in [5, 5.41) is 0. The number of aldehydes is 1. The van der Waals surface area contributed by atoms with Crippen molar-refractivity contribution in [2.75, 3.05) is 13.6 Å². The molecule has 53 heavy (non-hydrogen) atoms. The van der Waals surface area contributed by atoms with Gasteiger partial charge in [-0.3, -0.25) is 0 Å². The Labute approximate surface area is 316 Å².